The van der Waals surface area contributed by atoms with Crippen LogP contribution in [0.15, 0.2) is 16.6 Å². The largest absolute Gasteiger partial charge is 0.369 e. The van der Waals surface area contributed by atoms with E-state index in [1.165, 1.54) is 25.3 Å². The van der Waals surface area contributed by atoms with Crippen molar-refractivity contribution in [2.24, 2.45) is 11.8 Å². The maximum Gasteiger partial charge on any atom is 0.201 e. The molecule has 102 valence electrons. The van der Waals surface area contributed by atoms with E-state index in [9.17, 15) is 4.39 Å². The summed E-state index contributed by atoms with van der Waals surface area (Å²) in [5.74, 6) is 1.63. The molecule has 1 heterocycles. The van der Waals surface area contributed by atoms with Gasteiger partial charge in [0.25, 0.3) is 0 Å². The second kappa shape index (κ2) is 4.78. The zero-order valence-electron chi connectivity index (χ0n) is 10.9. The summed E-state index contributed by atoms with van der Waals surface area (Å²) in [6, 6.07) is 3.20. The number of imidazole rings is 1. The van der Waals surface area contributed by atoms with Gasteiger partial charge in [0.1, 0.15) is 5.82 Å². The molecule has 5 heteroatoms. The average Bonchev–Trinajstić information content (AvgIpc) is 2.87. The number of nitrogens with zero attached hydrogens (tertiary/aromatic N) is 2. The van der Waals surface area contributed by atoms with Crippen LogP contribution < -0.4 is 5.73 Å². The highest BCUT2D eigenvalue weighted by Crippen LogP contribution is 2.33. The molecule has 1 aromatic heterocycles. The fourth-order valence-corrected chi connectivity index (χ4v) is 3.41. The monoisotopic (exact) mass is 325 g/mol. The van der Waals surface area contributed by atoms with E-state index in [0.29, 0.717) is 21.9 Å². The van der Waals surface area contributed by atoms with Crippen LogP contribution in [0.25, 0.3) is 11.0 Å². The van der Waals surface area contributed by atoms with Gasteiger partial charge in [0.05, 0.1) is 15.5 Å². The predicted octanol–water partition coefficient (Wildman–Crippen LogP) is 3.96. The number of halogens is 2. The first kappa shape index (κ1) is 12.9. The van der Waals surface area contributed by atoms with Crippen LogP contribution in [-0.4, -0.2) is 9.55 Å². The average molecular weight is 326 g/mol. The Morgan fingerprint density at radius 3 is 2.95 bits per heavy atom. The van der Waals surface area contributed by atoms with Gasteiger partial charge in [-0.15, -0.1) is 0 Å². The predicted molar refractivity (Wildman–Crippen MR) is 78.3 cm³/mol. The van der Waals surface area contributed by atoms with Gasteiger partial charge < -0.3 is 10.3 Å². The number of benzene rings is 1. The maximum absolute atomic E-state index is 13.5. The fraction of sp³-hybridized carbons (Fsp3) is 0.500. The van der Waals surface area contributed by atoms with Crippen LogP contribution in [0, 0.1) is 17.7 Å². The van der Waals surface area contributed by atoms with E-state index in [-0.39, 0.29) is 5.82 Å². The molecule has 0 amide bonds. The molecular weight excluding hydrogens is 309 g/mol. The van der Waals surface area contributed by atoms with E-state index in [1.54, 1.807) is 6.07 Å². The van der Waals surface area contributed by atoms with E-state index in [2.05, 4.69) is 27.8 Å². The maximum atomic E-state index is 13.5. The van der Waals surface area contributed by atoms with E-state index in [0.717, 1.165) is 18.0 Å². The summed E-state index contributed by atoms with van der Waals surface area (Å²) in [4.78, 5) is 4.26. The highest BCUT2D eigenvalue weighted by molar-refractivity contribution is 9.10. The fourth-order valence-electron chi connectivity index (χ4n) is 3.08. The summed E-state index contributed by atoms with van der Waals surface area (Å²) in [6.07, 6.45) is 3.76. The van der Waals surface area contributed by atoms with Crippen molar-refractivity contribution in [3.05, 3.63) is 22.4 Å². The third-order valence-corrected chi connectivity index (χ3v) is 4.67. The van der Waals surface area contributed by atoms with E-state index < -0.39 is 0 Å². The zero-order valence-corrected chi connectivity index (χ0v) is 12.5. The van der Waals surface area contributed by atoms with Crippen molar-refractivity contribution in [3.63, 3.8) is 0 Å². The molecule has 2 aromatic rings. The molecular formula is C14H17BrFN3. The summed E-state index contributed by atoms with van der Waals surface area (Å²) in [5.41, 5.74) is 7.52. The van der Waals surface area contributed by atoms with Gasteiger partial charge in [-0.25, -0.2) is 9.37 Å². The molecule has 0 saturated heterocycles. The number of rotatable bonds is 2. The molecule has 1 aliphatic carbocycles. The van der Waals surface area contributed by atoms with Gasteiger partial charge in [0, 0.05) is 12.6 Å². The third kappa shape index (κ3) is 2.36. The standard InChI is InChI=1S/C14H17BrFN3/c1-8-2-3-9(4-8)7-19-13-5-10(15)11(16)6-12(13)18-14(19)17/h5-6,8-9H,2-4,7H2,1H3,(H2,17,18). The van der Waals surface area contributed by atoms with Gasteiger partial charge in [0.2, 0.25) is 5.95 Å². The molecule has 1 fully saturated rings. The molecule has 1 saturated carbocycles. The Balaban J connectivity index is 1.98. The van der Waals surface area contributed by atoms with Crippen LogP contribution >= 0.6 is 15.9 Å². The number of nitrogen functional groups attached to an aromatic ring is 1. The number of aromatic nitrogens is 2. The Morgan fingerprint density at radius 2 is 2.26 bits per heavy atom. The van der Waals surface area contributed by atoms with Gasteiger partial charge in [-0.2, -0.15) is 0 Å². The second-order valence-corrected chi connectivity index (χ2v) is 6.47. The summed E-state index contributed by atoms with van der Waals surface area (Å²) in [7, 11) is 0. The molecule has 0 radical (unpaired) electrons. The van der Waals surface area contributed by atoms with E-state index >= 15 is 0 Å². The van der Waals surface area contributed by atoms with Crippen molar-refractivity contribution in [3.8, 4) is 0 Å². The lowest BCUT2D eigenvalue weighted by atomic mass is 10.1. The molecule has 19 heavy (non-hydrogen) atoms. The van der Waals surface area contributed by atoms with Crippen molar-refractivity contribution >= 4 is 32.9 Å². The molecule has 2 N–H and O–H groups in total. The lowest BCUT2D eigenvalue weighted by Crippen LogP contribution is -2.10. The Bertz CT molecular complexity index is 623. The molecule has 2 atom stereocenters. The summed E-state index contributed by atoms with van der Waals surface area (Å²) < 4.78 is 16.0. The van der Waals surface area contributed by atoms with Crippen LogP contribution in [0.3, 0.4) is 0 Å². The van der Waals surface area contributed by atoms with Crippen molar-refractivity contribution < 1.29 is 4.39 Å². The Labute approximate surface area is 120 Å². The number of anilines is 1. The van der Waals surface area contributed by atoms with Gasteiger partial charge in [-0.3, -0.25) is 0 Å². The molecule has 3 nitrogen and oxygen atoms in total. The number of hydrogen-bond donors (Lipinski definition) is 1. The van der Waals surface area contributed by atoms with Crippen molar-refractivity contribution in [2.45, 2.75) is 32.7 Å². The number of nitrogens with two attached hydrogens (primary N) is 1. The normalized spacial score (nSPS) is 23.3. The van der Waals surface area contributed by atoms with Gasteiger partial charge in [-0.1, -0.05) is 13.3 Å². The Kier molecular flexibility index (Phi) is 3.25. The van der Waals surface area contributed by atoms with Crippen LogP contribution in [-0.2, 0) is 6.54 Å². The molecule has 1 aliphatic rings. The van der Waals surface area contributed by atoms with Crippen LogP contribution in [0.5, 0.6) is 0 Å². The molecule has 3 rings (SSSR count). The van der Waals surface area contributed by atoms with Gasteiger partial charge in [0.15, 0.2) is 0 Å². The SMILES string of the molecule is CC1CCC(Cn2c(N)nc3cc(F)c(Br)cc32)C1. The Morgan fingerprint density at radius 1 is 1.47 bits per heavy atom. The van der Waals surface area contributed by atoms with Gasteiger partial charge in [-0.05, 0) is 46.7 Å². The minimum atomic E-state index is -0.299. The first-order valence-corrected chi connectivity index (χ1v) is 7.44. The van der Waals surface area contributed by atoms with Crippen molar-refractivity contribution in [1.29, 1.82) is 0 Å². The molecule has 2 unspecified atom stereocenters. The first-order valence-electron chi connectivity index (χ1n) is 6.65. The summed E-state index contributed by atoms with van der Waals surface area (Å²) in [5, 5.41) is 0. The summed E-state index contributed by atoms with van der Waals surface area (Å²) >= 11 is 3.23. The summed E-state index contributed by atoms with van der Waals surface area (Å²) in [6.45, 7) is 3.17. The lowest BCUT2D eigenvalue weighted by molar-refractivity contribution is 0.450. The minimum absolute atomic E-state index is 0.299. The topological polar surface area (TPSA) is 43.8 Å². The van der Waals surface area contributed by atoms with Crippen LogP contribution in [0.4, 0.5) is 10.3 Å². The Hall–Kier alpha value is -1.10. The molecule has 0 spiro atoms. The number of hydrogen-bond acceptors (Lipinski definition) is 2. The molecule has 0 aliphatic heterocycles. The molecule has 0 bridgehead atoms. The highest BCUT2D eigenvalue weighted by atomic mass is 79.9. The van der Waals surface area contributed by atoms with E-state index in [1.807, 2.05) is 4.57 Å². The van der Waals surface area contributed by atoms with Crippen molar-refractivity contribution in [2.75, 3.05) is 5.73 Å². The van der Waals surface area contributed by atoms with Crippen LogP contribution in [0.1, 0.15) is 26.2 Å². The number of fused-ring (bicyclic) bond motifs is 1. The van der Waals surface area contributed by atoms with Gasteiger partial charge >= 0.3 is 0 Å². The van der Waals surface area contributed by atoms with Crippen molar-refractivity contribution in [1.82, 2.24) is 9.55 Å². The zero-order chi connectivity index (χ0) is 13.6. The second-order valence-electron chi connectivity index (χ2n) is 5.62. The minimum Gasteiger partial charge on any atom is -0.369 e. The third-order valence-electron chi connectivity index (χ3n) is 4.06. The molecule has 1 aromatic carbocycles. The quantitative estimate of drug-likeness (QED) is 0.908. The smallest absolute Gasteiger partial charge is 0.201 e. The first-order chi connectivity index (χ1) is 9.04. The lowest BCUT2D eigenvalue weighted by Gasteiger charge is -2.13. The van der Waals surface area contributed by atoms with Crippen LogP contribution in [0.2, 0.25) is 0 Å². The van der Waals surface area contributed by atoms with E-state index in [4.69, 9.17) is 5.73 Å². The highest BCUT2D eigenvalue weighted by Gasteiger charge is 2.23.